The molecule has 0 aliphatic rings. The van der Waals surface area contributed by atoms with Crippen LogP contribution in [0.2, 0.25) is 0 Å². The minimum atomic E-state index is 0.0591. The van der Waals surface area contributed by atoms with Gasteiger partial charge in [0.25, 0.3) is 0 Å². The van der Waals surface area contributed by atoms with E-state index in [4.69, 9.17) is 8.83 Å². The maximum Gasteiger partial charge on any atom is 0.143 e. The van der Waals surface area contributed by atoms with E-state index in [1.165, 1.54) is 54.2 Å². The minimum absolute atomic E-state index is 0.0591. The Hall–Kier alpha value is -4.04. The van der Waals surface area contributed by atoms with Crippen LogP contribution in [-0.2, 0) is 10.8 Å². The van der Waals surface area contributed by atoms with Gasteiger partial charge in [-0.15, -0.1) is 0 Å². The summed E-state index contributed by atoms with van der Waals surface area (Å²) in [5.74, 6) is 0. The Kier molecular flexibility index (Phi) is 3.98. The summed E-state index contributed by atoms with van der Waals surface area (Å²) in [4.78, 5) is 0. The molecule has 2 aromatic heterocycles. The molecule has 6 aromatic carbocycles. The lowest BCUT2D eigenvalue weighted by Crippen LogP contribution is -2.10. The second-order valence-corrected chi connectivity index (χ2v) is 13.0. The third kappa shape index (κ3) is 2.73. The van der Waals surface area contributed by atoms with Crippen LogP contribution in [0.4, 0.5) is 0 Å². The Labute approximate surface area is 221 Å². The van der Waals surface area contributed by atoms with Gasteiger partial charge in [-0.25, -0.2) is 0 Å². The van der Waals surface area contributed by atoms with Gasteiger partial charge in [0.1, 0.15) is 22.3 Å². The maximum atomic E-state index is 6.63. The molecule has 2 heteroatoms. The highest BCUT2D eigenvalue weighted by Crippen LogP contribution is 2.49. The lowest BCUT2D eigenvalue weighted by atomic mass is 9.85. The summed E-state index contributed by atoms with van der Waals surface area (Å²) in [5.41, 5.74) is 6.55. The molecule has 0 amide bonds. The van der Waals surface area contributed by atoms with E-state index in [1.807, 2.05) is 0 Å². The summed E-state index contributed by atoms with van der Waals surface area (Å²) >= 11 is 0. The van der Waals surface area contributed by atoms with Crippen LogP contribution >= 0.6 is 0 Å². The molecule has 0 saturated heterocycles. The van der Waals surface area contributed by atoms with Gasteiger partial charge < -0.3 is 8.83 Å². The summed E-state index contributed by atoms with van der Waals surface area (Å²) in [7, 11) is 0. The van der Waals surface area contributed by atoms with Crippen molar-refractivity contribution in [2.75, 3.05) is 0 Å². The van der Waals surface area contributed by atoms with E-state index in [1.54, 1.807) is 0 Å². The first-order valence-corrected chi connectivity index (χ1v) is 13.5. The third-order valence-electron chi connectivity index (χ3n) is 8.51. The Morgan fingerprint density at radius 1 is 0.421 bits per heavy atom. The summed E-state index contributed by atoms with van der Waals surface area (Å²) in [6.07, 6.45) is 0. The smallest absolute Gasteiger partial charge is 0.143 e. The van der Waals surface area contributed by atoms with Gasteiger partial charge in [-0.05, 0) is 62.4 Å². The van der Waals surface area contributed by atoms with Gasteiger partial charge in [-0.1, -0.05) is 90.1 Å². The van der Waals surface area contributed by atoms with Gasteiger partial charge in [0, 0.05) is 37.7 Å². The van der Waals surface area contributed by atoms with Crippen molar-refractivity contribution in [2.24, 2.45) is 0 Å². The van der Waals surface area contributed by atoms with Crippen molar-refractivity contribution in [3.8, 4) is 0 Å². The first kappa shape index (κ1) is 22.0. The van der Waals surface area contributed by atoms with Gasteiger partial charge in [-0.2, -0.15) is 0 Å². The molecule has 0 bridgehead atoms. The molecule has 0 atom stereocenters. The Bertz CT molecular complexity index is 2090. The van der Waals surface area contributed by atoms with Crippen LogP contribution in [0.5, 0.6) is 0 Å². The molecule has 8 rings (SSSR count). The standard InChI is InChI=1S/C36H30O2/c1-35(2,3)19-13-15-27-25(17-19)31-21-9-7-10-22-29(21)30-23(33(31)37-27)11-8-12-24(30)34-32(22)26-18-20(36(4,5)6)14-16-28(26)38-34/h7-18H,1-6H3. The fourth-order valence-corrected chi connectivity index (χ4v) is 6.48. The van der Waals surface area contributed by atoms with Crippen LogP contribution in [0.1, 0.15) is 52.7 Å². The van der Waals surface area contributed by atoms with Crippen LogP contribution in [0.15, 0.2) is 81.6 Å². The predicted octanol–water partition coefficient (Wildman–Crippen LogP) is 11.0. The lowest BCUT2D eigenvalue weighted by molar-refractivity contribution is 0.590. The van der Waals surface area contributed by atoms with E-state index in [0.29, 0.717) is 0 Å². The van der Waals surface area contributed by atoms with Gasteiger partial charge in [-0.3, -0.25) is 0 Å². The van der Waals surface area contributed by atoms with Crippen molar-refractivity contribution in [3.05, 3.63) is 83.9 Å². The molecule has 38 heavy (non-hydrogen) atoms. The second-order valence-electron chi connectivity index (χ2n) is 13.0. The van der Waals surface area contributed by atoms with Crippen molar-refractivity contribution in [3.63, 3.8) is 0 Å². The van der Waals surface area contributed by atoms with Crippen molar-refractivity contribution < 1.29 is 8.83 Å². The molecule has 0 aliphatic heterocycles. The molecule has 0 fully saturated rings. The maximum absolute atomic E-state index is 6.63. The van der Waals surface area contributed by atoms with E-state index in [2.05, 4.69) is 114 Å². The van der Waals surface area contributed by atoms with Crippen LogP contribution in [-0.4, -0.2) is 0 Å². The molecule has 0 unspecified atom stereocenters. The molecule has 2 heterocycles. The van der Waals surface area contributed by atoms with E-state index >= 15 is 0 Å². The zero-order valence-electron chi connectivity index (χ0n) is 22.7. The van der Waals surface area contributed by atoms with Gasteiger partial charge in [0.15, 0.2) is 0 Å². The van der Waals surface area contributed by atoms with Crippen LogP contribution in [0.25, 0.3) is 76.2 Å². The highest BCUT2D eigenvalue weighted by atomic mass is 16.3. The lowest BCUT2D eigenvalue weighted by Gasteiger charge is -2.19. The molecular weight excluding hydrogens is 464 g/mol. The molecule has 2 nitrogen and oxygen atoms in total. The van der Waals surface area contributed by atoms with Crippen molar-refractivity contribution >= 4 is 76.2 Å². The van der Waals surface area contributed by atoms with E-state index < -0.39 is 0 Å². The first-order valence-electron chi connectivity index (χ1n) is 13.5. The second kappa shape index (κ2) is 6.88. The molecule has 0 radical (unpaired) electrons. The molecular formula is C36H30O2. The number of fused-ring (bicyclic) bond motifs is 10. The fraction of sp³-hybridized carbons (Fsp3) is 0.222. The number of hydrogen-bond donors (Lipinski definition) is 0. The SMILES string of the molecule is CC(C)(C)c1ccc2oc3c4cccc5c6oc7ccc(C(C)(C)C)cc7c6c6cccc(c3c2c1)c6c45. The van der Waals surface area contributed by atoms with Crippen molar-refractivity contribution in [1.29, 1.82) is 0 Å². The Balaban J connectivity index is 1.65. The largest absolute Gasteiger partial charge is 0.455 e. The quantitative estimate of drug-likeness (QED) is 0.196. The monoisotopic (exact) mass is 494 g/mol. The Morgan fingerprint density at radius 2 is 0.816 bits per heavy atom. The average molecular weight is 495 g/mol. The first-order chi connectivity index (χ1) is 18.1. The van der Waals surface area contributed by atoms with Crippen molar-refractivity contribution in [1.82, 2.24) is 0 Å². The summed E-state index contributed by atoms with van der Waals surface area (Å²) in [5, 5.41) is 12.1. The van der Waals surface area contributed by atoms with E-state index in [0.717, 1.165) is 33.1 Å². The van der Waals surface area contributed by atoms with Gasteiger partial charge >= 0.3 is 0 Å². The van der Waals surface area contributed by atoms with Crippen molar-refractivity contribution in [2.45, 2.75) is 52.4 Å². The molecule has 8 aromatic rings. The van der Waals surface area contributed by atoms with Crippen LogP contribution in [0, 0.1) is 0 Å². The summed E-state index contributed by atoms with van der Waals surface area (Å²) in [6, 6.07) is 26.7. The highest BCUT2D eigenvalue weighted by Gasteiger charge is 2.25. The average Bonchev–Trinajstić information content (AvgIpc) is 3.46. The third-order valence-corrected chi connectivity index (χ3v) is 8.51. The molecule has 0 saturated carbocycles. The fourth-order valence-electron chi connectivity index (χ4n) is 6.48. The van der Waals surface area contributed by atoms with Crippen LogP contribution < -0.4 is 0 Å². The molecule has 0 aliphatic carbocycles. The van der Waals surface area contributed by atoms with Crippen LogP contribution in [0.3, 0.4) is 0 Å². The zero-order chi connectivity index (χ0) is 26.1. The molecule has 0 N–H and O–H groups in total. The normalized spacial score (nSPS) is 13.5. The number of rotatable bonds is 0. The number of furan rings is 2. The predicted molar refractivity (Wildman–Crippen MR) is 162 cm³/mol. The summed E-state index contributed by atoms with van der Waals surface area (Å²) < 4.78 is 13.3. The van der Waals surface area contributed by atoms with E-state index in [9.17, 15) is 0 Å². The molecule has 186 valence electrons. The number of benzene rings is 6. The summed E-state index contributed by atoms with van der Waals surface area (Å²) in [6.45, 7) is 13.6. The number of hydrogen-bond acceptors (Lipinski definition) is 2. The highest BCUT2D eigenvalue weighted by molar-refractivity contribution is 6.43. The van der Waals surface area contributed by atoms with Gasteiger partial charge in [0.05, 0.1) is 0 Å². The van der Waals surface area contributed by atoms with Gasteiger partial charge in [0.2, 0.25) is 0 Å². The minimum Gasteiger partial charge on any atom is -0.455 e. The Morgan fingerprint density at radius 3 is 1.24 bits per heavy atom. The topological polar surface area (TPSA) is 26.3 Å². The van der Waals surface area contributed by atoms with E-state index in [-0.39, 0.29) is 10.8 Å². The zero-order valence-corrected chi connectivity index (χ0v) is 22.7. The molecule has 0 spiro atoms.